The lowest BCUT2D eigenvalue weighted by atomic mass is 10.0. The van der Waals surface area contributed by atoms with Gasteiger partial charge in [0.2, 0.25) is 5.24 Å². The molecule has 0 radical (unpaired) electrons. The van der Waals surface area contributed by atoms with Gasteiger partial charge in [-0.25, -0.2) is 0 Å². The fourth-order valence-corrected chi connectivity index (χ4v) is 1.21. The molecule has 0 aliphatic heterocycles. The molecule has 1 rings (SSSR count). The summed E-state index contributed by atoms with van der Waals surface area (Å²) in [7, 11) is 0. The number of carbonyl (C=O) groups is 1. The summed E-state index contributed by atoms with van der Waals surface area (Å²) in [6.07, 6.45) is 9.73. The third kappa shape index (κ3) is 3.38. The molecule has 0 heterocycles. The number of halogens is 1. The Morgan fingerprint density at radius 2 is 2.45 bits per heavy atom. The summed E-state index contributed by atoms with van der Waals surface area (Å²) in [4.78, 5) is 10.4. The first-order valence-electron chi connectivity index (χ1n) is 3.82. The molecule has 0 fully saturated rings. The minimum absolute atomic E-state index is 0.236. The average Bonchev–Trinajstić information content (AvgIpc) is 2.03. The quantitative estimate of drug-likeness (QED) is 0.596. The van der Waals surface area contributed by atoms with E-state index < -0.39 is 0 Å². The van der Waals surface area contributed by atoms with Crippen molar-refractivity contribution < 1.29 is 4.79 Å². The third-order valence-electron chi connectivity index (χ3n) is 1.74. The highest BCUT2D eigenvalue weighted by molar-refractivity contribution is 6.63. The summed E-state index contributed by atoms with van der Waals surface area (Å²) < 4.78 is 0. The number of carbonyl (C=O) groups excluding carboxylic acids is 1. The lowest BCUT2D eigenvalue weighted by Crippen LogP contribution is -1.91. The zero-order valence-electron chi connectivity index (χ0n) is 6.35. The molecule has 0 aromatic rings. The molecule has 0 aromatic heterocycles. The summed E-state index contributed by atoms with van der Waals surface area (Å²) in [6.45, 7) is 0. The van der Waals surface area contributed by atoms with E-state index in [0.29, 0.717) is 6.42 Å². The summed E-state index contributed by atoms with van der Waals surface area (Å²) in [5.41, 5.74) is 1.33. The van der Waals surface area contributed by atoms with Gasteiger partial charge in [0, 0.05) is 6.42 Å². The summed E-state index contributed by atoms with van der Waals surface area (Å²) in [5.74, 6) is 0. The molecule has 0 unspecified atom stereocenters. The minimum Gasteiger partial charge on any atom is -0.281 e. The molecular weight excluding hydrogens is 160 g/mol. The van der Waals surface area contributed by atoms with Gasteiger partial charge < -0.3 is 0 Å². The maximum absolute atomic E-state index is 10.4. The van der Waals surface area contributed by atoms with Crippen molar-refractivity contribution in [1.82, 2.24) is 0 Å². The summed E-state index contributed by atoms with van der Waals surface area (Å²) in [6, 6.07) is 0. The summed E-state index contributed by atoms with van der Waals surface area (Å²) >= 11 is 5.21. The van der Waals surface area contributed by atoms with E-state index in [9.17, 15) is 4.79 Å². The van der Waals surface area contributed by atoms with Crippen LogP contribution in [0.3, 0.4) is 0 Å². The van der Waals surface area contributed by atoms with E-state index in [-0.39, 0.29) is 5.24 Å². The molecule has 0 bridgehead atoms. The van der Waals surface area contributed by atoms with Crippen LogP contribution in [0.25, 0.3) is 0 Å². The number of hydrogen-bond acceptors (Lipinski definition) is 1. The van der Waals surface area contributed by atoms with Crippen LogP contribution in [-0.2, 0) is 4.79 Å². The molecule has 2 heteroatoms. The van der Waals surface area contributed by atoms with E-state index in [4.69, 9.17) is 11.6 Å². The molecule has 0 saturated carbocycles. The van der Waals surface area contributed by atoms with Crippen LogP contribution < -0.4 is 0 Å². The van der Waals surface area contributed by atoms with Gasteiger partial charge >= 0.3 is 0 Å². The summed E-state index contributed by atoms with van der Waals surface area (Å²) in [5, 5.41) is -0.236. The van der Waals surface area contributed by atoms with Gasteiger partial charge in [-0.05, 0) is 30.9 Å². The highest BCUT2D eigenvalue weighted by Gasteiger charge is 2.01. The zero-order chi connectivity index (χ0) is 8.10. The van der Waals surface area contributed by atoms with Crippen LogP contribution in [-0.4, -0.2) is 5.24 Å². The van der Waals surface area contributed by atoms with Crippen LogP contribution in [0, 0.1) is 0 Å². The SMILES string of the molecule is O=C(Cl)CCC1=CC=CCC1. The van der Waals surface area contributed by atoms with E-state index in [1.165, 1.54) is 5.57 Å². The number of rotatable bonds is 3. The van der Waals surface area contributed by atoms with Crippen molar-refractivity contribution in [3.8, 4) is 0 Å². The second-order valence-electron chi connectivity index (χ2n) is 2.65. The predicted molar refractivity (Wildman–Crippen MR) is 46.6 cm³/mol. The molecule has 1 aliphatic rings. The van der Waals surface area contributed by atoms with Crippen molar-refractivity contribution in [2.45, 2.75) is 25.7 Å². The normalized spacial score (nSPS) is 16.3. The first-order valence-corrected chi connectivity index (χ1v) is 4.20. The van der Waals surface area contributed by atoms with E-state index >= 15 is 0 Å². The Morgan fingerprint density at radius 1 is 1.64 bits per heavy atom. The Bertz CT molecular complexity index is 204. The molecule has 0 saturated heterocycles. The van der Waals surface area contributed by atoms with Crippen molar-refractivity contribution in [3.05, 3.63) is 23.8 Å². The minimum atomic E-state index is -0.236. The predicted octanol–water partition coefficient (Wildman–Crippen LogP) is 2.81. The van der Waals surface area contributed by atoms with Gasteiger partial charge in [0.15, 0.2) is 0 Å². The maximum Gasteiger partial charge on any atom is 0.221 e. The van der Waals surface area contributed by atoms with Crippen LogP contribution >= 0.6 is 11.6 Å². The lowest BCUT2D eigenvalue weighted by molar-refractivity contribution is -0.111. The van der Waals surface area contributed by atoms with Crippen LogP contribution in [0.15, 0.2) is 23.8 Å². The fraction of sp³-hybridized carbons (Fsp3) is 0.444. The molecule has 60 valence electrons. The molecule has 0 aromatic carbocycles. The molecule has 11 heavy (non-hydrogen) atoms. The number of allylic oxidation sites excluding steroid dienone is 4. The Labute approximate surface area is 71.7 Å². The Hall–Kier alpha value is -0.560. The van der Waals surface area contributed by atoms with Gasteiger partial charge in [-0.1, -0.05) is 23.8 Å². The van der Waals surface area contributed by atoms with E-state index in [1.807, 2.05) is 6.08 Å². The van der Waals surface area contributed by atoms with Gasteiger partial charge in [-0.3, -0.25) is 4.79 Å². The number of hydrogen-bond donors (Lipinski definition) is 0. The Morgan fingerprint density at radius 3 is 3.00 bits per heavy atom. The van der Waals surface area contributed by atoms with Crippen LogP contribution in [0.5, 0.6) is 0 Å². The lowest BCUT2D eigenvalue weighted by Gasteiger charge is -2.05. The van der Waals surface area contributed by atoms with Crippen LogP contribution in [0.2, 0.25) is 0 Å². The smallest absolute Gasteiger partial charge is 0.221 e. The van der Waals surface area contributed by atoms with Crippen LogP contribution in [0.1, 0.15) is 25.7 Å². The van der Waals surface area contributed by atoms with Crippen molar-refractivity contribution in [3.63, 3.8) is 0 Å². The monoisotopic (exact) mass is 170 g/mol. The second kappa shape index (κ2) is 4.35. The average molecular weight is 171 g/mol. The maximum atomic E-state index is 10.4. The zero-order valence-corrected chi connectivity index (χ0v) is 7.10. The van der Waals surface area contributed by atoms with Crippen LogP contribution in [0.4, 0.5) is 0 Å². The highest BCUT2D eigenvalue weighted by Crippen LogP contribution is 2.17. The van der Waals surface area contributed by atoms with Gasteiger partial charge in [0.25, 0.3) is 0 Å². The van der Waals surface area contributed by atoms with Crippen molar-refractivity contribution >= 4 is 16.8 Å². The highest BCUT2D eigenvalue weighted by atomic mass is 35.5. The third-order valence-corrected chi connectivity index (χ3v) is 1.93. The molecule has 0 spiro atoms. The molecule has 1 nitrogen and oxygen atoms in total. The fourth-order valence-electron chi connectivity index (χ4n) is 1.12. The first-order chi connectivity index (χ1) is 5.29. The van der Waals surface area contributed by atoms with Gasteiger partial charge in [-0.2, -0.15) is 0 Å². The molecule has 1 aliphatic carbocycles. The standard InChI is InChI=1S/C9H11ClO/c10-9(11)7-6-8-4-2-1-3-5-8/h1-2,4H,3,5-7H2. The topological polar surface area (TPSA) is 17.1 Å². The molecule has 0 amide bonds. The Kier molecular flexibility index (Phi) is 3.37. The molecule has 0 N–H and O–H groups in total. The van der Waals surface area contributed by atoms with Crippen molar-refractivity contribution in [2.24, 2.45) is 0 Å². The Balaban J connectivity index is 2.31. The van der Waals surface area contributed by atoms with Crippen molar-refractivity contribution in [2.75, 3.05) is 0 Å². The van der Waals surface area contributed by atoms with E-state index in [0.717, 1.165) is 19.3 Å². The second-order valence-corrected chi connectivity index (χ2v) is 3.07. The first kappa shape index (κ1) is 8.54. The molecule has 0 atom stereocenters. The molecular formula is C9H11ClO. The van der Waals surface area contributed by atoms with Crippen molar-refractivity contribution in [1.29, 1.82) is 0 Å². The van der Waals surface area contributed by atoms with E-state index in [2.05, 4.69) is 12.2 Å². The van der Waals surface area contributed by atoms with Gasteiger partial charge in [0.1, 0.15) is 0 Å². The van der Waals surface area contributed by atoms with E-state index in [1.54, 1.807) is 0 Å². The largest absolute Gasteiger partial charge is 0.281 e. The van der Waals surface area contributed by atoms with Gasteiger partial charge in [-0.15, -0.1) is 0 Å². The van der Waals surface area contributed by atoms with Gasteiger partial charge in [0.05, 0.1) is 0 Å².